The first-order valence-corrected chi connectivity index (χ1v) is 6.94. The highest BCUT2D eigenvalue weighted by Gasteiger charge is 2.12. The first kappa shape index (κ1) is 15.9. The van der Waals surface area contributed by atoms with E-state index in [9.17, 15) is 4.79 Å². The molecule has 0 amide bonds. The van der Waals surface area contributed by atoms with Gasteiger partial charge in [0.25, 0.3) is 0 Å². The monoisotopic (exact) mass is 288 g/mol. The van der Waals surface area contributed by atoms with Crippen LogP contribution in [-0.2, 0) is 20.7 Å². The molecule has 0 aliphatic heterocycles. The van der Waals surface area contributed by atoms with Crippen LogP contribution >= 0.6 is 11.3 Å². The number of hydrogen-bond acceptors (Lipinski definition) is 6. The van der Waals surface area contributed by atoms with E-state index in [1.165, 1.54) is 11.3 Å². The first-order valence-electron chi connectivity index (χ1n) is 6.06. The van der Waals surface area contributed by atoms with Gasteiger partial charge in [0.2, 0.25) is 0 Å². The summed E-state index contributed by atoms with van der Waals surface area (Å²) in [6, 6.07) is 0. The summed E-state index contributed by atoms with van der Waals surface area (Å²) in [5, 5.41) is 11.4. The molecule has 0 radical (unpaired) electrons. The zero-order chi connectivity index (χ0) is 14.1. The number of anilines is 1. The summed E-state index contributed by atoms with van der Waals surface area (Å²) in [5.74, 6) is -0.861. The molecule has 0 spiro atoms. The van der Waals surface area contributed by atoms with Crippen molar-refractivity contribution in [3.05, 3.63) is 11.1 Å². The molecule has 0 aliphatic carbocycles. The molecule has 6 nitrogen and oxygen atoms in total. The Morgan fingerprint density at radius 3 is 2.74 bits per heavy atom. The van der Waals surface area contributed by atoms with Crippen molar-refractivity contribution in [3.63, 3.8) is 0 Å². The van der Waals surface area contributed by atoms with Gasteiger partial charge in [-0.1, -0.05) is 0 Å². The number of carboxylic acids is 1. The van der Waals surface area contributed by atoms with Crippen molar-refractivity contribution >= 4 is 22.4 Å². The number of hydrogen-bond donors (Lipinski definition) is 1. The average molecular weight is 288 g/mol. The molecular formula is C12H20N2O4S. The van der Waals surface area contributed by atoms with Crippen molar-refractivity contribution in [1.82, 2.24) is 4.98 Å². The quantitative estimate of drug-likeness (QED) is 0.654. The maximum Gasteiger partial charge on any atom is 0.309 e. The van der Waals surface area contributed by atoms with Crippen LogP contribution in [0.4, 0.5) is 5.13 Å². The second-order valence-corrected chi connectivity index (χ2v) is 4.85. The third-order valence-electron chi connectivity index (χ3n) is 2.48. The molecule has 19 heavy (non-hydrogen) atoms. The van der Waals surface area contributed by atoms with Crippen molar-refractivity contribution in [2.45, 2.75) is 12.8 Å². The average Bonchev–Trinajstić information content (AvgIpc) is 2.81. The van der Waals surface area contributed by atoms with Crippen LogP contribution in [0.3, 0.4) is 0 Å². The number of rotatable bonds is 10. The van der Waals surface area contributed by atoms with Crippen molar-refractivity contribution < 1.29 is 19.4 Å². The molecule has 0 saturated carbocycles. The largest absolute Gasteiger partial charge is 0.481 e. The van der Waals surface area contributed by atoms with E-state index in [-0.39, 0.29) is 6.42 Å². The van der Waals surface area contributed by atoms with Crippen LogP contribution in [0.5, 0.6) is 0 Å². The van der Waals surface area contributed by atoms with Crippen LogP contribution in [0.2, 0.25) is 0 Å². The summed E-state index contributed by atoms with van der Waals surface area (Å²) in [6.07, 6.45) is 0.862. The summed E-state index contributed by atoms with van der Waals surface area (Å²) in [5.41, 5.74) is 0.599. The lowest BCUT2D eigenvalue weighted by molar-refractivity contribution is -0.136. The predicted molar refractivity (Wildman–Crippen MR) is 74.0 cm³/mol. The van der Waals surface area contributed by atoms with Gasteiger partial charge < -0.3 is 19.5 Å². The van der Waals surface area contributed by atoms with E-state index in [4.69, 9.17) is 14.6 Å². The summed E-state index contributed by atoms with van der Waals surface area (Å²) in [6.45, 7) is 2.86. The van der Waals surface area contributed by atoms with Gasteiger partial charge in [-0.05, 0) is 6.42 Å². The highest BCUT2D eigenvalue weighted by atomic mass is 32.1. The topological polar surface area (TPSA) is 71.9 Å². The normalized spacial score (nSPS) is 10.6. The van der Waals surface area contributed by atoms with Crippen LogP contribution < -0.4 is 4.90 Å². The van der Waals surface area contributed by atoms with E-state index in [1.807, 2.05) is 0 Å². The highest BCUT2D eigenvalue weighted by molar-refractivity contribution is 7.13. The van der Waals surface area contributed by atoms with Crippen molar-refractivity contribution in [2.24, 2.45) is 0 Å². The third kappa shape index (κ3) is 6.00. The number of nitrogens with zero attached hydrogens (tertiary/aromatic N) is 2. The lowest BCUT2D eigenvalue weighted by Gasteiger charge is -2.21. The number of aliphatic carboxylic acids is 1. The van der Waals surface area contributed by atoms with Crippen LogP contribution in [0, 0.1) is 0 Å². The summed E-state index contributed by atoms with van der Waals surface area (Å²) in [4.78, 5) is 17.1. The minimum atomic E-state index is -0.861. The summed E-state index contributed by atoms with van der Waals surface area (Å²) in [7, 11) is 3.33. The third-order valence-corrected chi connectivity index (χ3v) is 3.43. The second kappa shape index (κ2) is 8.84. The fraction of sp³-hybridized carbons (Fsp3) is 0.667. The minimum Gasteiger partial charge on any atom is -0.481 e. The lowest BCUT2D eigenvalue weighted by Crippen LogP contribution is -2.29. The first-order chi connectivity index (χ1) is 9.17. The van der Waals surface area contributed by atoms with Crippen LogP contribution in [0.25, 0.3) is 0 Å². The number of thiazole rings is 1. The Kier molecular flexibility index (Phi) is 7.39. The molecule has 0 bridgehead atoms. The Hall–Kier alpha value is -1.18. The number of aromatic nitrogens is 1. The Morgan fingerprint density at radius 2 is 2.11 bits per heavy atom. The molecule has 108 valence electrons. The van der Waals surface area contributed by atoms with E-state index >= 15 is 0 Å². The molecule has 1 rings (SSSR count). The maximum absolute atomic E-state index is 10.6. The molecule has 7 heteroatoms. The predicted octanol–water partition coefficient (Wildman–Crippen LogP) is 1.26. The molecule has 0 unspecified atom stereocenters. The molecule has 1 heterocycles. The molecule has 0 fully saturated rings. The molecule has 0 aliphatic rings. The Morgan fingerprint density at radius 1 is 1.37 bits per heavy atom. The Labute approximate surface area is 117 Å². The molecule has 1 N–H and O–H groups in total. The zero-order valence-electron chi connectivity index (χ0n) is 11.3. The highest BCUT2D eigenvalue weighted by Crippen LogP contribution is 2.21. The van der Waals surface area contributed by atoms with E-state index < -0.39 is 5.97 Å². The van der Waals surface area contributed by atoms with E-state index in [0.29, 0.717) is 18.9 Å². The lowest BCUT2D eigenvalue weighted by atomic mass is 10.3. The number of carboxylic acid groups (broad SMARTS) is 1. The molecule has 0 atom stereocenters. The maximum atomic E-state index is 10.6. The van der Waals surface area contributed by atoms with Gasteiger partial charge in [0.1, 0.15) is 0 Å². The zero-order valence-corrected chi connectivity index (χ0v) is 12.1. The molecular weight excluding hydrogens is 268 g/mol. The van der Waals surface area contributed by atoms with E-state index in [1.54, 1.807) is 19.6 Å². The van der Waals surface area contributed by atoms with Crippen LogP contribution in [-0.4, -0.2) is 56.6 Å². The number of carbonyl (C=O) groups is 1. The molecule has 0 saturated heterocycles. The van der Waals surface area contributed by atoms with Crippen molar-refractivity contribution in [2.75, 3.05) is 45.4 Å². The molecule has 1 aromatic heterocycles. The standard InChI is InChI=1S/C12H20N2O4S/c1-17-6-3-4-14(5-7-18-2)12-13-10(9-19-12)8-11(15)16/h9H,3-8H2,1-2H3,(H,15,16). The fourth-order valence-corrected chi connectivity index (χ4v) is 2.46. The van der Waals surface area contributed by atoms with Gasteiger partial charge in [-0.3, -0.25) is 4.79 Å². The van der Waals surface area contributed by atoms with Gasteiger partial charge in [0.15, 0.2) is 5.13 Å². The fourth-order valence-electron chi connectivity index (χ4n) is 1.58. The summed E-state index contributed by atoms with van der Waals surface area (Å²) >= 11 is 1.46. The van der Waals surface area contributed by atoms with E-state index in [2.05, 4.69) is 9.88 Å². The number of methoxy groups -OCH3 is 2. The van der Waals surface area contributed by atoms with Gasteiger partial charge in [-0.15, -0.1) is 11.3 Å². The van der Waals surface area contributed by atoms with Gasteiger partial charge in [0.05, 0.1) is 18.7 Å². The van der Waals surface area contributed by atoms with Crippen molar-refractivity contribution in [1.29, 1.82) is 0 Å². The molecule has 0 aromatic carbocycles. The van der Waals surface area contributed by atoms with Crippen LogP contribution in [0.1, 0.15) is 12.1 Å². The van der Waals surface area contributed by atoms with Gasteiger partial charge >= 0.3 is 5.97 Å². The smallest absolute Gasteiger partial charge is 0.309 e. The molecule has 1 aromatic rings. The number of ether oxygens (including phenoxy) is 2. The van der Waals surface area contributed by atoms with Gasteiger partial charge in [0, 0.05) is 39.3 Å². The Balaban J connectivity index is 2.61. The minimum absolute atomic E-state index is 0.0350. The van der Waals surface area contributed by atoms with Gasteiger partial charge in [-0.25, -0.2) is 4.98 Å². The summed E-state index contributed by atoms with van der Waals surface area (Å²) < 4.78 is 10.1. The van der Waals surface area contributed by atoms with Crippen molar-refractivity contribution in [3.8, 4) is 0 Å². The van der Waals surface area contributed by atoms with Gasteiger partial charge in [-0.2, -0.15) is 0 Å². The van der Waals surface area contributed by atoms with Crippen LogP contribution in [0.15, 0.2) is 5.38 Å². The second-order valence-electron chi connectivity index (χ2n) is 4.02. The van der Waals surface area contributed by atoms with E-state index in [0.717, 1.165) is 24.6 Å². The Bertz CT molecular complexity index is 384. The SMILES string of the molecule is COCCCN(CCOC)c1nc(CC(=O)O)cs1.